The Labute approximate surface area is 122 Å². The van der Waals surface area contributed by atoms with Crippen LogP contribution in [-0.2, 0) is 9.47 Å². The smallest absolute Gasteiger partial charge is 0.341 e. The molecule has 2 heterocycles. The Kier molecular flexibility index (Phi) is 4.71. The first-order valence-corrected chi connectivity index (χ1v) is 6.66. The number of aromatic nitrogens is 2. The first kappa shape index (κ1) is 14.8. The van der Waals surface area contributed by atoms with Crippen LogP contribution in [0.25, 0.3) is 11.4 Å². The van der Waals surface area contributed by atoms with Crippen molar-refractivity contribution < 1.29 is 19.1 Å². The zero-order valence-corrected chi connectivity index (χ0v) is 11.9. The van der Waals surface area contributed by atoms with Crippen LogP contribution < -0.4 is 0 Å². The van der Waals surface area contributed by atoms with Crippen molar-refractivity contribution >= 4 is 11.9 Å². The number of hydrogen-bond acceptors (Lipinski definition) is 5. The van der Waals surface area contributed by atoms with Gasteiger partial charge < -0.3 is 14.5 Å². The summed E-state index contributed by atoms with van der Waals surface area (Å²) in [5.41, 5.74) is 1.29. The van der Waals surface area contributed by atoms with Gasteiger partial charge in [-0.1, -0.05) is 6.07 Å². The van der Waals surface area contributed by atoms with Gasteiger partial charge in [0.15, 0.2) is 0 Å². The number of carbonyl (C=O) groups excluding carboxylic acids is 2. The molecule has 2 aromatic heterocycles. The number of carbonyl (C=O) groups is 2. The van der Waals surface area contributed by atoms with E-state index in [9.17, 15) is 9.59 Å². The molecule has 2 rings (SSSR count). The Bertz CT molecular complexity index is 634. The van der Waals surface area contributed by atoms with Gasteiger partial charge in [0, 0.05) is 12.4 Å². The van der Waals surface area contributed by atoms with E-state index in [2.05, 4.69) is 9.97 Å². The van der Waals surface area contributed by atoms with Crippen LogP contribution in [0.2, 0.25) is 0 Å². The average Bonchev–Trinajstić information content (AvgIpc) is 2.93. The summed E-state index contributed by atoms with van der Waals surface area (Å²) in [4.78, 5) is 31.2. The third kappa shape index (κ3) is 3.10. The van der Waals surface area contributed by atoms with Gasteiger partial charge in [0.2, 0.25) is 0 Å². The number of rotatable bonds is 5. The van der Waals surface area contributed by atoms with Gasteiger partial charge in [-0.3, -0.25) is 4.98 Å². The summed E-state index contributed by atoms with van der Waals surface area (Å²) in [5, 5.41) is 0. The SMILES string of the molecule is CCOC(=O)c1c[nH]c(-c2ccccn2)c1C(=O)OCC. The number of nitrogens with one attached hydrogen (secondary N) is 1. The van der Waals surface area contributed by atoms with Crippen LogP contribution in [-0.4, -0.2) is 35.1 Å². The fourth-order valence-electron chi connectivity index (χ4n) is 1.92. The molecule has 0 amide bonds. The highest BCUT2D eigenvalue weighted by Gasteiger charge is 2.26. The Morgan fingerprint density at radius 3 is 2.48 bits per heavy atom. The molecule has 0 aromatic carbocycles. The summed E-state index contributed by atoms with van der Waals surface area (Å²) >= 11 is 0. The normalized spacial score (nSPS) is 10.2. The third-order valence-electron chi connectivity index (χ3n) is 2.78. The van der Waals surface area contributed by atoms with E-state index in [4.69, 9.17) is 9.47 Å². The van der Waals surface area contributed by atoms with E-state index in [1.165, 1.54) is 6.20 Å². The lowest BCUT2D eigenvalue weighted by molar-refractivity contribution is 0.0481. The van der Waals surface area contributed by atoms with Crippen molar-refractivity contribution in [1.29, 1.82) is 0 Å². The number of esters is 2. The standard InChI is InChI=1S/C15H16N2O4/c1-3-20-14(18)10-9-17-13(11-7-5-6-8-16-11)12(10)15(19)21-4-2/h5-9,17H,3-4H2,1-2H3. The Morgan fingerprint density at radius 1 is 1.14 bits per heavy atom. The van der Waals surface area contributed by atoms with Crippen molar-refractivity contribution in [2.45, 2.75) is 13.8 Å². The maximum absolute atomic E-state index is 12.2. The first-order chi connectivity index (χ1) is 10.2. The molecule has 0 aliphatic heterocycles. The molecule has 0 unspecified atom stereocenters. The van der Waals surface area contributed by atoms with E-state index in [0.29, 0.717) is 11.4 Å². The molecule has 1 N–H and O–H groups in total. The highest BCUT2D eigenvalue weighted by Crippen LogP contribution is 2.25. The van der Waals surface area contributed by atoms with Crippen LogP contribution in [0.3, 0.4) is 0 Å². The van der Waals surface area contributed by atoms with Gasteiger partial charge in [-0.25, -0.2) is 9.59 Å². The molecule has 0 aliphatic rings. The van der Waals surface area contributed by atoms with Crippen LogP contribution >= 0.6 is 0 Å². The molecule has 0 saturated heterocycles. The number of pyridine rings is 1. The number of ether oxygens (including phenoxy) is 2. The minimum atomic E-state index is -0.581. The molecule has 0 atom stereocenters. The van der Waals surface area contributed by atoms with Crippen molar-refractivity contribution in [3.8, 4) is 11.4 Å². The summed E-state index contributed by atoms with van der Waals surface area (Å²) in [5.74, 6) is -1.15. The Morgan fingerprint density at radius 2 is 1.86 bits per heavy atom. The molecule has 6 heteroatoms. The van der Waals surface area contributed by atoms with Crippen LogP contribution in [0, 0.1) is 0 Å². The zero-order valence-electron chi connectivity index (χ0n) is 11.9. The van der Waals surface area contributed by atoms with Crippen molar-refractivity contribution in [2.75, 3.05) is 13.2 Å². The Balaban J connectivity index is 2.51. The lowest BCUT2D eigenvalue weighted by atomic mass is 10.1. The van der Waals surface area contributed by atoms with Crippen LogP contribution in [0.15, 0.2) is 30.6 Å². The van der Waals surface area contributed by atoms with Crippen LogP contribution in [0.4, 0.5) is 0 Å². The lowest BCUT2D eigenvalue weighted by Crippen LogP contribution is -2.13. The molecular weight excluding hydrogens is 272 g/mol. The molecule has 6 nitrogen and oxygen atoms in total. The van der Waals surface area contributed by atoms with E-state index in [0.717, 1.165) is 0 Å². The molecule has 0 fully saturated rings. The fourth-order valence-corrected chi connectivity index (χ4v) is 1.92. The second kappa shape index (κ2) is 6.69. The quantitative estimate of drug-likeness (QED) is 0.854. The molecule has 0 saturated carbocycles. The second-order valence-electron chi connectivity index (χ2n) is 4.11. The molecule has 0 radical (unpaired) electrons. The largest absolute Gasteiger partial charge is 0.462 e. The second-order valence-corrected chi connectivity index (χ2v) is 4.11. The maximum atomic E-state index is 12.2. The van der Waals surface area contributed by atoms with Crippen molar-refractivity contribution in [1.82, 2.24) is 9.97 Å². The first-order valence-electron chi connectivity index (χ1n) is 6.66. The number of aromatic amines is 1. The monoisotopic (exact) mass is 288 g/mol. The van der Waals surface area contributed by atoms with Gasteiger partial charge in [-0.15, -0.1) is 0 Å². The average molecular weight is 288 g/mol. The highest BCUT2D eigenvalue weighted by atomic mass is 16.5. The molecule has 2 aromatic rings. The van der Waals surface area contributed by atoms with E-state index in [-0.39, 0.29) is 24.3 Å². The molecular formula is C15H16N2O4. The molecule has 0 aliphatic carbocycles. The van der Waals surface area contributed by atoms with Gasteiger partial charge >= 0.3 is 11.9 Å². The lowest BCUT2D eigenvalue weighted by Gasteiger charge is -2.06. The van der Waals surface area contributed by atoms with Crippen LogP contribution in [0.5, 0.6) is 0 Å². The van der Waals surface area contributed by atoms with Gasteiger partial charge in [-0.2, -0.15) is 0 Å². The van der Waals surface area contributed by atoms with Crippen molar-refractivity contribution in [3.05, 3.63) is 41.7 Å². The Hall–Kier alpha value is -2.63. The minimum absolute atomic E-state index is 0.147. The predicted molar refractivity (Wildman–Crippen MR) is 75.9 cm³/mol. The predicted octanol–water partition coefficient (Wildman–Crippen LogP) is 2.43. The molecule has 110 valence electrons. The number of hydrogen-bond donors (Lipinski definition) is 1. The summed E-state index contributed by atoms with van der Waals surface area (Å²) < 4.78 is 9.98. The molecule has 21 heavy (non-hydrogen) atoms. The number of H-pyrrole nitrogens is 1. The van der Waals surface area contributed by atoms with Gasteiger partial charge in [0.05, 0.1) is 30.2 Å². The van der Waals surface area contributed by atoms with E-state index in [1.54, 1.807) is 38.2 Å². The van der Waals surface area contributed by atoms with E-state index in [1.807, 2.05) is 0 Å². The summed E-state index contributed by atoms with van der Waals surface area (Å²) in [6, 6.07) is 5.30. The van der Waals surface area contributed by atoms with Gasteiger partial charge in [0.1, 0.15) is 5.56 Å². The molecule has 0 bridgehead atoms. The highest BCUT2D eigenvalue weighted by molar-refractivity contribution is 6.07. The minimum Gasteiger partial charge on any atom is -0.462 e. The number of nitrogens with zero attached hydrogens (tertiary/aromatic N) is 1. The van der Waals surface area contributed by atoms with Crippen molar-refractivity contribution in [3.63, 3.8) is 0 Å². The van der Waals surface area contributed by atoms with Crippen molar-refractivity contribution in [2.24, 2.45) is 0 Å². The van der Waals surface area contributed by atoms with Gasteiger partial charge in [0.25, 0.3) is 0 Å². The summed E-state index contributed by atoms with van der Waals surface area (Å²) in [6.07, 6.45) is 3.05. The third-order valence-corrected chi connectivity index (χ3v) is 2.78. The van der Waals surface area contributed by atoms with E-state index < -0.39 is 11.9 Å². The fraction of sp³-hybridized carbons (Fsp3) is 0.267. The molecule has 0 spiro atoms. The van der Waals surface area contributed by atoms with E-state index >= 15 is 0 Å². The van der Waals surface area contributed by atoms with Gasteiger partial charge in [-0.05, 0) is 26.0 Å². The summed E-state index contributed by atoms with van der Waals surface area (Å²) in [7, 11) is 0. The topological polar surface area (TPSA) is 81.3 Å². The summed E-state index contributed by atoms with van der Waals surface area (Å²) in [6.45, 7) is 3.85. The zero-order chi connectivity index (χ0) is 15.2. The maximum Gasteiger partial charge on any atom is 0.341 e. The van der Waals surface area contributed by atoms with Crippen LogP contribution in [0.1, 0.15) is 34.6 Å².